The van der Waals surface area contributed by atoms with E-state index in [-0.39, 0.29) is 11.3 Å². The van der Waals surface area contributed by atoms with Crippen LogP contribution in [0, 0.1) is 5.82 Å². The maximum absolute atomic E-state index is 13.0. The minimum Gasteiger partial charge on any atom is -0.476 e. The number of hydrogen-bond acceptors (Lipinski definition) is 2. The van der Waals surface area contributed by atoms with Crippen molar-refractivity contribution in [1.29, 1.82) is 0 Å². The summed E-state index contributed by atoms with van der Waals surface area (Å²) in [7, 11) is 0. The molecule has 4 nitrogen and oxygen atoms in total. The lowest BCUT2D eigenvalue weighted by Gasteiger charge is -1.90. The Hall–Kier alpha value is -1.91. The largest absolute Gasteiger partial charge is 0.476 e. The quantitative estimate of drug-likeness (QED) is 0.716. The molecule has 2 rings (SSSR count). The van der Waals surface area contributed by atoms with Crippen LogP contribution >= 0.6 is 0 Å². The van der Waals surface area contributed by atoms with Gasteiger partial charge in [0.1, 0.15) is 0 Å². The number of hydrogen-bond donors (Lipinski definition) is 1. The number of pyridine rings is 1. The van der Waals surface area contributed by atoms with Gasteiger partial charge in [-0.15, -0.1) is 0 Å². The second-order valence-corrected chi connectivity index (χ2v) is 2.52. The van der Waals surface area contributed by atoms with Gasteiger partial charge in [0.2, 0.25) is 0 Å². The van der Waals surface area contributed by atoms with Gasteiger partial charge in [-0.3, -0.25) is 0 Å². The van der Waals surface area contributed by atoms with Gasteiger partial charge in [-0.05, 0) is 12.1 Å². The van der Waals surface area contributed by atoms with Crippen LogP contribution in [0.1, 0.15) is 10.5 Å². The molecule has 0 saturated heterocycles. The normalized spacial score (nSPS) is 10.5. The summed E-state index contributed by atoms with van der Waals surface area (Å²) in [4.78, 5) is 14.1. The number of rotatable bonds is 1. The van der Waals surface area contributed by atoms with Crippen molar-refractivity contribution in [2.75, 3.05) is 0 Å². The molecule has 2 heterocycles. The monoisotopic (exact) mass is 180 g/mol. The SMILES string of the molecule is O=C(O)c1cn2cccc(F)c2n1. The molecule has 0 aromatic carbocycles. The van der Waals surface area contributed by atoms with Gasteiger partial charge in [0.15, 0.2) is 17.2 Å². The third-order valence-electron chi connectivity index (χ3n) is 1.65. The standard InChI is InChI=1S/C8H5FN2O2/c9-5-2-1-3-11-4-6(8(12)13)10-7(5)11/h1-4H,(H,12,13). The molecule has 0 unspecified atom stereocenters. The third kappa shape index (κ3) is 1.14. The van der Waals surface area contributed by atoms with Crippen LogP contribution in [0.15, 0.2) is 24.5 Å². The van der Waals surface area contributed by atoms with E-state index in [9.17, 15) is 9.18 Å². The van der Waals surface area contributed by atoms with E-state index < -0.39 is 11.8 Å². The average Bonchev–Trinajstić information content (AvgIpc) is 2.49. The minimum atomic E-state index is -1.16. The van der Waals surface area contributed by atoms with E-state index in [2.05, 4.69) is 4.98 Å². The molecule has 0 saturated carbocycles. The smallest absolute Gasteiger partial charge is 0.356 e. The number of aromatic carboxylic acids is 1. The van der Waals surface area contributed by atoms with E-state index in [1.54, 1.807) is 0 Å². The van der Waals surface area contributed by atoms with Crippen LogP contribution in [-0.4, -0.2) is 20.5 Å². The molecule has 2 aromatic heterocycles. The topological polar surface area (TPSA) is 54.6 Å². The lowest BCUT2D eigenvalue weighted by Crippen LogP contribution is -1.95. The number of imidazole rings is 1. The van der Waals surface area contributed by atoms with E-state index in [4.69, 9.17) is 5.11 Å². The Labute approximate surface area is 72.3 Å². The lowest BCUT2D eigenvalue weighted by atomic mass is 10.4. The van der Waals surface area contributed by atoms with Gasteiger partial charge in [-0.2, -0.15) is 0 Å². The molecule has 13 heavy (non-hydrogen) atoms. The van der Waals surface area contributed by atoms with Crippen molar-refractivity contribution in [2.45, 2.75) is 0 Å². The molecule has 66 valence electrons. The highest BCUT2D eigenvalue weighted by Gasteiger charge is 2.10. The highest BCUT2D eigenvalue weighted by atomic mass is 19.1. The van der Waals surface area contributed by atoms with Crippen molar-refractivity contribution in [1.82, 2.24) is 9.38 Å². The molecule has 0 amide bonds. The van der Waals surface area contributed by atoms with Crippen molar-refractivity contribution in [3.63, 3.8) is 0 Å². The van der Waals surface area contributed by atoms with Crippen molar-refractivity contribution in [3.05, 3.63) is 36.0 Å². The van der Waals surface area contributed by atoms with E-state index in [0.717, 1.165) is 0 Å². The Morgan fingerprint density at radius 1 is 1.62 bits per heavy atom. The molecule has 0 aliphatic carbocycles. The molecule has 2 aromatic rings. The van der Waals surface area contributed by atoms with E-state index in [0.29, 0.717) is 0 Å². The van der Waals surface area contributed by atoms with Crippen molar-refractivity contribution >= 4 is 11.6 Å². The summed E-state index contributed by atoms with van der Waals surface area (Å²) in [5.74, 6) is -1.70. The van der Waals surface area contributed by atoms with E-state index >= 15 is 0 Å². The summed E-state index contributed by atoms with van der Waals surface area (Å²) in [6.07, 6.45) is 2.80. The lowest BCUT2D eigenvalue weighted by molar-refractivity contribution is 0.0691. The van der Waals surface area contributed by atoms with Crippen molar-refractivity contribution < 1.29 is 14.3 Å². The molecule has 0 spiro atoms. The van der Waals surface area contributed by atoms with Crippen LogP contribution in [0.4, 0.5) is 4.39 Å². The zero-order valence-corrected chi connectivity index (χ0v) is 6.44. The fourth-order valence-corrected chi connectivity index (χ4v) is 1.08. The fourth-order valence-electron chi connectivity index (χ4n) is 1.08. The molecule has 0 atom stereocenters. The zero-order valence-electron chi connectivity index (χ0n) is 6.44. The molecular weight excluding hydrogens is 175 g/mol. The number of carbonyl (C=O) groups is 1. The third-order valence-corrected chi connectivity index (χ3v) is 1.65. The van der Waals surface area contributed by atoms with Crippen molar-refractivity contribution in [2.24, 2.45) is 0 Å². The number of aromatic nitrogens is 2. The first-order valence-corrected chi connectivity index (χ1v) is 3.55. The maximum atomic E-state index is 13.0. The number of halogens is 1. The highest BCUT2D eigenvalue weighted by Crippen LogP contribution is 2.08. The predicted molar refractivity (Wildman–Crippen MR) is 42.1 cm³/mol. The molecular formula is C8H5FN2O2. The summed E-state index contributed by atoms with van der Waals surface area (Å²) < 4.78 is 14.3. The zero-order chi connectivity index (χ0) is 9.42. The summed E-state index contributed by atoms with van der Waals surface area (Å²) in [5.41, 5.74) is -0.134. The Bertz CT molecular complexity index is 478. The summed E-state index contributed by atoms with van der Waals surface area (Å²) in [5, 5.41) is 8.58. The summed E-state index contributed by atoms with van der Waals surface area (Å²) in [6, 6.07) is 2.71. The van der Waals surface area contributed by atoms with Gasteiger partial charge >= 0.3 is 5.97 Å². The van der Waals surface area contributed by atoms with E-state index in [1.807, 2.05) is 0 Å². The molecule has 0 fully saturated rings. The summed E-state index contributed by atoms with van der Waals surface area (Å²) in [6.45, 7) is 0. The first kappa shape index (κ1) is 7.72. The maximum Gasteiger partial charge on any atom is 0.356 e. The van der Waals surface area contributed by atoms with Gasteiger partial charge in [-0.25, -0.2) is 14.2 Å². The van der Waals surface area contributed by atoms with Gasteiger partial charge in [0.25, 0.3) is 0 Å². The van der Waals surface area contributed by atoms with Crippen LogP contribution in [0.25, 0.3) is 5.65 Å². The minimum absolute atomic E-state index is 0.0277. The molecule has 0 radical (unpaired) electrons. The average molecular weight is 180 g/mol. The molecule has 0 bridgehead atoms. The van der Waals surface area contributed by atoms with E-state index in [1.165, 1.54) is 28.9 Å². The number of carboxylic acids is 1. The molecule has 5 heteroatoms. The molecule has 0 aliphatic rings. The van der Waals surface area contributed by atoms with Gasteiger partial charge in [-0.1, -0.05) is 0 Å². The van der Waals surface area contributed by atoms with Crippen LogP contribution in [-0.2, 0) is 0 Å². The number of fused-ring (bicyclic) bond motifs is 1. The Morgan fingerprint density at radius 3 is 3.00 bits per heavy atom. The highest BCUT2D eigenvalue weighted by molar-refractivity contribution is 5.86. The molecule has 0 aliphatic heterocycles. The van der Waals surface area contributed by atoms with Crippen LogP contribution < -0.4 is 0 Å². The van der Waals surface area contributed by atoms with Crippen LogP contribution in [0.5, 0.6) is 0 Å². The second-order valence-electron chi connectivity index (χ2n) is 2.52. The fraction of sp³-hybridized carbons (Fsp3) is 0. The van der Waals surface area contributed by atoms with Gasteiger partial charge in [0, 0.05) is 12.4 Å². The van der Waals surface area contributed by atoms with Crippen LogP contribution in [0.3, 0.4) is 0 Å². The second kappa shape index (κ2) is 2.55. The first-order valence-electron chi connectivity index (χ1n) is 3.55. The Morgan fingerprint density at radius 2 is 2.38 bits per heavy atom. The summed E-state index contributed by atoms with van der Waals surface area (Å²) >= 11 is 0. The first-order chi connectivity index (χ1) is 6.18. The molecule has 1 N–H and O–H groups in total. The number of nitrogens with zero attached hydrogens (tertiary/aromatic N) is 2. The van der Waals surface area contributed by atoms with Crippen molar-refractivity contribution in [3.8, 4) is 0 Å². The predicted octanol–water partition coefficient (Wildman–Crippen LogP) is 1.17. The Kier molecular flexibility index (Phi) is 1.51. The Balaban J connectivity index is 2.75. The van der Waals surface area contributed by atoms with Gasteiger partial charge < -0.3 is 9.51 Å². The number of carboxylic acid groups (broad SMARTS) is 1. The van der Waals surface area contributed by atoms with Crippen LogP contribution in [0.2, 0.25) is 0 Å². The van der Waals surface area contributed by atoms with Gasteiger partial charge in [0.05, 0.1) is 0 Å².